The van der Waals surface area contributed by atoms with E-state index in [2.05, 4.69) is 0 Å². The van der Waals surface area contributed by atoms with Crippen LogP contribution in [0.1, 0.15) is 18.1 Å². The molecule has 0 aliphatic rings. The van der Waals surface area contributed by atoms with Crippen molar-refractivity contribution >= 4 is 18.0 Å². The van der Waals surface area contributed by atoms with Gasteiger partial charge in [0.1, 0.15) is 18.9 Å². The third-order valence-corrected chi connectivity index (χ3v) is 3.57. The molecule has 0 N–H and O–H groups in total. The molecule has 0 fully saturated rings. The van der Waals surface area contributed by atoms with Crippen molar-refractivity contribution in [2.75, 3.05) is 20.2 Å². The van der Waals surface area contributed by atoms with Crippen molar-refractivity contribution in [1.82, 2.24) is 4.90 Å². The summed E-state index contributed by atoms with van der Waals surface area (Å²) in [4.78, 5) is 24.8. The number of nitrogens with zero attached hydrogens (tertiary/aromatic N) is 1. The van der Waals surface area contributed by atoms with Gasteiger partial charge in [-0.2, -0.15) is 0 Å². The summed E-state index contributed by atoms with van der Waals surface area (Å²) >= 11 is 0. The first-order valence-electron chi connectivity index (χ1n) is 8.44. The van der Waals surface area contributed by atoms with E-state index in [0.29, 0.717) is 13.2 Å². The molecule has 2 aromatic carbocycles. The quantitative estimate of drug-likeness (QED) is 0.540. The van der Waals surface area contributed by atoms with E-state index < -0.39 is 5.97 Å². The molecule has 0 atom stereocenters. The molecule has 1 amide bonds. The Balaban J connectivity index is 1.91. The first-order valence-corrected chi connectivity index (χ1v) is 8.44. The van der Waals surface area contributed by atoms with Crippen LogP contribution in [0.2, 0.25) is 0 Å². The summed E-state index contributed by atoms with van der Waals surface area (Å²) in [5.41, 5.74) is 1.93. The maximum atomic E-state index is 12.1. The van der Waals surface area contributed by atoms with E-state index in [9.17, 15) is 9.59 Å². The van der Waals surface area contributed by atoms with Crippen molar-refractivity contribution in [2.24, 2.45) is 0 Å². The summed E-state index contributed by atoms with van der Waals surface area (Å²) in [6.45, 7) is 2.44. The number of ether oxygens (including phenoxy) is 2. The van der Waals surface area contributed by atoms with Crippen LogP contribution in [0.3, 0.4) is 0 Å². The lowest BCUT2D eigenvalue weighted by Gasteiger charge is -2.13. The van der Waals surface area contributed by atoms with E-state index in [1.807, 2.05) is 54.6 Å². The van der Waals surface area contributed by atoms with Crippen molar-refractivity contribution in [3.63, 3.8) is 0 Å². The molecule has 2 rings (SSSR count). The highest BCUT2D eigenvalue weighted by molar-refractivity contribution is 5.93. The standard InChI is InChI=1S/C21H23NO4/c1-3-25-21(24)15-22(2)20(23)13-12-17-10-7-11-19(14-17)26-16-18-8-5-4-6-9-18/h4-14H,3,15-16H2,1-2H3/b13-12+. The fourth-order valence-electron chi connectivity index (χ4n) is 2.22. The lowest BCUT2D eigenvalue weighted by molar-refractivity contribution is -0.146. The van der Waals surface area contributed by atoms with Gasteiger partial charge < -0.3 is 14.4 Å². The van der Waals surface area contributed by atoms with E-state index in [0.717, 1.165) is 16.9 Å². The third-order valence-electron chi connectivity index (χ3n) is 3.57. The highest BCUT2D eigenvalue weighted by Crippen LogP contribution is 2.16. The molecule has 0 saturated carbocycles. The van der Waals surface area contributed by atoms with Gasteiger partial charge in [0.2, 0.25) is 5.91 Å². The van der Waals surface area contributed by atoms with Gasteiger partial charge in [-0.25, -0.2) is 0 Å². The second kappa shape index (κ2) is 10.0. The van der Waals surface area contributed by atoms with Crippen LogP contribution in [0.5, 0.6) is 5.75 Å². The maximum absolute atomic E-state index is 12.1. The largest absolute Gasteiger partial charge is 0.489 e. The van der Waals surface area contributed by atoms with E-state index in [-0.39, 0.29) is 12.5 Å². The number of esters is 1. The Hall–Kier alpha value is -3.08. The molecule has 2 aromatic rings. The SMILES string of the molecule is CCOC(=O)CN(C)C(=O)/C=C/c1cccc(OCc2ccccc2)c1. The molecule has 136 valence electrons. The van der Waals surface area contributed by atoms with E-state index in [1.54, 1.807) is 20.0 Å². The summed E-state index contributed by atoms with van der Waals surface area (Å²) in [7, 11) is 1.56. The number of benzene rings is 2. The van der Waals surface area contributed by atoms with Gasteiger partial charge in [0.05, 0.1) is 6.61 Å². The molecular weight excluding hydrogens is 330 g/mol. The van der Waals surface area contributed by atoms with Gasteiger partial charge in [-0.05, 0) is 36.3 Å². The Morgan fingerprint density at radius 1 is 1.08 bits per heavy atom. The van der Waals surface area contributed by atoms with Gasteiger partial charge in [-0.1, -0.05) is 42.5 Å². The van der Waals surface area contributed by atoms with Crippen LogP contribution >= 0.6 is 0 Å². The molecule has 0 saturated heterocycles. The second-order valence-electron chi connectivity index (χ2n) is 5.68. The fourth-order valence-corrected chi connectivity index (χ4v) is 2.22. The lowest BCUT2D eigenvalue weighted by atomic mass is 10.2. The van der Waals surface area contributed by atoms with Crippen molar-refractivity contribution in [1.29, 1.82) is 0 Å². The van der Waals surface area contributed by atoms with Gasteiger partial charge in [0, 0.05) is 13.1 Å². The Morgan fingerprint density at radius 2 is 1.85 bits per heavy atom. The molecule has 0 radical (unpaired) electrons. The monoisotopic (exact) mass is 353 g/mol. The second-order valence-corrected chi connectivity index (χ2v) is 5.68. The zero-order valence-corrected chi connectivity index (χ0v) is 15.1. The van der Waals surface area contributed by atoms with Crippen molar-refractivity contribution in [3.05, 3.63) is 71.8 Å². The number of rotatable bonds is 8. The Kier molecular flexibility index (Phi) is 7.43. The van der Waals surface area contributed by atoms with Crippen molar-refractivity contribution in [2.45, 2.75) is 13.5 Å². The number of hydrogen-bond acceptors (Lipinski definition) is 4. The highest BCUT2D eigenvalue weighted by atomic mass is 16.5. The minimum atomic E-state index is -0.423. The zero-order valence-electron chi connectivity index (χ0n) is 15.1. The molecule has 0 aromatic heterocycles. The minimum Gasteiger partial charge on any atom is -0.489 e. The summed E-state index contributed by atoms with van der Waals surface area (Å²) in [6, 6.07) is 17.4. The van der Waals surface area contributed by atoms with E-state index in [4.69, 9.17) is 9.47 Å². The van der Waals surface area contributed by atoms with E-state index in [1.165, 1.54) is 11.0 Å². The summed E-state index contributed by atoms with van der Waals surface area (Å²) < 4.78 is 10.6. The van der Waals surface area contributed by atoms with Gasteiger partial charge in [0.25, 0.3) is 0 Å². The zero-order chi connectivity index (χ0) is 18.8. The van der Waals surface area contributed by atoms with Crippen LogP contribution in [0, 0.1) is 0 Å². The summed E-state index contributed by atoms with van der Waals surface area (Å²) in [6.07, 6.45) is 3.12. The normalized spacial score (nSPS) is 10.5. The average Bonchev–Trinajstić information content (AvgIpc) is 2.65. The fraction of sp³-hybridized carbons (Fsp3) is 0.238. The molecule has 26 heavy (non-hydrogen) atoms. The molecular formula is C21H23NO4. The number of carbonyl (C=O) groups is 2. The number of likely N-dealkylation sites (N-methyl/N-ethyl adjacent to an activating group) is 1. The first kappa shape index (κ1) is 19.2. The van der Waals surface area contributed by atoms with E-state index >= 15 is 0 Å². The van der Waals surface area contributed by atoms with Crippen LogP contribution in [-0.4, -0.2) is 37.0 Å². The smallest absolute Gasteiger partial charge is 0.325 e. The van der Waals surface area contributed by atoms with Crippen LogP contribution in [0.25, 0.3) is 6.08 Å². The Morgan fingerprint density at radius 3 is 2.58 bits per heavy atom. The lowest BCUT2D eigenvalue weighted by Crippen LogP contribution is -2.31. The number of hydrogen-bond donors (Lipinski definition) is 0. The van der Waals surface area contributed by atoms with Crippen LogP contribution < -0.4 is 4.74 Å². The average molecular weight is 353 g/mol. The number of carbonyl (C=O) groups excluding carboxylic acids is 2. The van der Waals surface area contributed by atoms with Gasteiger partial charge >= 0.3 is 5.97 Å². The van der Waals surface area contributed by atoms with Crippen molar-refractivity contribution < 1.29 is 19.1 Å². The molecule has 0 heterocycles. The van der Waals surface area contributed by atoms with Crippen LogP contribution in [0.15, 0.2) is 60.7 Å². The Labute approximate surface area is 153 Å². The van der Waals surface area contributed by atoms with Crippen LogP contribution in [-0.2, 0) is 20.9 Å². The maximum Gasteiger partial charge on any atom is 0.325 e. The first-order chi connectivity index (χ1) is 12.6. The summed E-state index contributed by atoms with van der Waals surface area (Å²) in [5.74, 6) is 0.0325. The summed E-state index contributed by atoms with van der Waals surface area (Å²) in [5, 5.41) is 0. The minimum absolute atomic E-state index is 0.0722. The van der Waals surface area contributed by atoms with Gasteiger partial charge in [-0.3, -0.25) is 9.59 Å². The Bertz CT molecular complexity index is 756. The molecule has 0 spiro atoms. The predicted molar refractivity (Wildman–Crippen MR) is 101 cm³/mol. The molecule has 0 bridgehead atoms. The van der Waals surface area contributed by atoms with Gasteiger partial charge in [-0.15, -0.1) is 0 Å². The van der Waals surface area contributed by atoms with Gasteiger partial charge in [0.15, 0.2) is 0 Å². The van der Waals surface area contributed by atoms with Crippen molar-refractivity contribution in [3.8, 4) is 5.75 Å². The topological polar surface area (TPSA) is 55.8 Å². The molecule has 5 heteroatoms. The predicted octanol–water partition coefficient (Wildman–Crippen LogP) is 3.30. The number of amides is 1. The van der Waals surface area contributed by atoms with Crippen LogP contribution in [0.4, 0.5) is 0 Å². The molecule has 5 nitrogen and oxygen atoms in total. The highest BCUT2D eigenvalue weighted by Gasteiger charge is 2.10. The molecule has 0 aliphatic carbocycles. The third kappa shape index (κ3) is 6.43. The molecule has 0 unspecified atom stereocenters. The molecule has 0 aliphatic heterocycles.